The fraction of sp³-hybridized carbons (Fsp3) is 0.885. The number of nitrogens with zero attached hydrogens (tertiary/aromatic N) is 1. The zero-order valence-corrected chi connectivity index (χ0v) is 48.2. The lowest BCUT2D eigenvalue weighted by molar-refractivity contribution is -0.870. The van der Waals surface area contributed by atoms with Gasteiger partial charge in [0.2, 0.25) is 5.91 Å². The largest absolute Gasteiger partial charge is 0.472 e. The molecule has 3 unspecified atom stereocenters. The van der Waals surface area contributed by atoms with E-state index in [4.69, 9.17) is 9.05 Å². The number of aliphatic hydroxyl groups is 1. The van der Waals surface area contributed by atoms with Crippen molar-refractivity contribution in [2.75, 3.05) is 40.9 Å². The summed E-state index contributed by atoms with van der Waals surface area (Å²) in [5, 5.41) is 13.9. The summed E-state index contributed by atoms with van der Waals surface area (Å²) in [5.41, 5.74) is 0. The van der Waals surface area contributed by atoms with E-state index in [1.54, 1.807) is 6.08 Å². The summed E-state index contributed by atoms with van der Waals surface area (Å²) in [5.74, 6) is -0.185. The number of likely N-dealkylation sites (N-methyl/N-ethyl adjacent to an activating group) is 1. The van der Waals surface area contributed by atoms with Crippen LogP contribution in [0.3, 0.4) is 0 Å². The van der Waals surface area contributed by atoms with Crippen molar-refractivity contribution in [3.05, 3.63) is 36.5 Å². The molecule has 0 aliphatic carbocycles. The van der Waals surface area contributed by atoms with Gasteiger partial charge in [-0.15, -0.1) is 0 Å². The van der Waals surface area contributed by atoms with Crippen molar-refractivity contribution in [3.8, 4) is 0 Å². The van der Waals surface area contributed by atoms with Crippen molar-refractivity contribution < 1.29 is 32.9 Å². The number of phosphoric ester groups is 1. The lowest BCUT2D eigenvalue weighted by Gasteiger charge is -2.25. The Hall–Kier alpha value is -1.28. The number of amides is 1. The van der Waals surface area contributed by atoms with E-state index in [2.05, 4.69) is 43.5 Å². The van der Waals surface area contributed by atoms with Crippen LogP contribution in [0, 0.1) is 0 Å². The van der Waals surface area contributed by atoms with E-state index in [0.717, 1.165) is 38.5 Å². The Morgan fingerprint density at radius 2 is 0.786 bits per heavy atom. The summed E-state index contributed by atoms with van der Waals surface area (Å²) in [6, 6.07) is -0.865. The van der Waals surface area contributed by atoms with Crippen molar-refractivity contribution in [1.82, 2.24) is 5.32 Å². The molecular formula is C61H120N2O6P+. The minimum Gasteiger partial charge on any atom is -0.387 e. The van der Waals surface area contributed by atoms with Crippen molar-refractivity contribution >= 4 is 13.7 Å². The highest BCUT2D eigenvalue weighted by atomic mass is 31.2. The summed E-state index contributed by atoms with van der Waals surface area (Å²) in [6.45, 7) is 4.83. The van der Waals surface area contributed by atoms with Crippen LogP contribution in [0.5, 0.6) is 0 Å². The third kappa shape index (κ3) is 54.5. The van der Waals surface area contributed by atoms with Crippen LogP contribution >= 0.6 is 7.82 Å². The molecule has 70 heavy (non-hydrogen) atoms. The van der Waals surface area contributed by atoms with Crippen molar-refractivity contribution in [2.45, 2.75) is 309 Å². The van der Waals surface area contributed by atoms with Crippen LogP contribution in [0.1, 0.15) is 296 Å². The summed E-state index contributed by atoms with van der Waals surface area (Å²) >= 11 is 0. The van der Waals surface area contributed by atoms with E-state index in [-0.39, 0.29) is 19.1 Å². The Morgan fingerprint density at radius 1 is 0.471 bits per heavy atom. The van der Waals surface area contributed by atoms with Crippen LogP contribution in [0.15, 0.2) is 36.5 Å². The summed E-state index contributed by atoms with van der Waals surface area (Å²) < 4.78 is 23.7. The molecule has 9 heteroatoms. The van der Waals surface area contributed by atoms with E-state index in [1.165, 1.54) is 238 Å². The maximum atomic E-state index is 13.0. The number of nitrogens with one attached hydrogen (secondary N) is 1. The standard InChI is InChI=1S/C61H119N2O6P/c1-6-8-10-12-14-16-18-20-22-24-26-28-29-30-31-32-33-35-36-38-40-42-44-46-48-50-52-54-60(64)59(58-69-70(66,67)68-57-56-63(3,4)5)62-61(65)55-53-51-49-47-45-43-41-39-37-34-27-25-23-21-19-17-15-13-11-9-7-2/h25,27,44,46,52,54,59-60,64H,6-24,26,28-43,45,47-51,53,55-58H2,1-5H3,(H-,62,65,66,67)/p+1/b27-25-,46-44+,54-52+. The van der Waals surface area contributed by atoms with Gasteiger partial charge in [-0.2, -0.15) is 0 Å². The molecule has 3 atom stereocenters. The number of hydrogen-bond acceptors (Lipinski definition) is 5. The second kappa shape index (κ2) is 52.6. The van der Waals surface area contributed by atoms with Crippen LogP contribution in [0.4, 0.5) is 0 Å². The topological polar surface area (TPSA) is 105 Å². The number of carbonyl (C=O) groups is 1. The molecule has 1 amide bonds. The third-order valence-electron chi connectivity index (χ3n) is 13.8. The van der Waals surface area contributed by atoms with E-state index in [9.17, 15) is 19.4 Å². The minimum absolute atomic E-state index is 0.0565. The molecule has 0 aromatic rings. The first-order valence-corrected chi connectivity index (χ1v) is 31.9. The molecule has 0 saturated heterocycles. The zero-order valence-electron chi connectivity index (χ0n) is 47.3. The molecule has 0 radical (unpaired) electrons. The molecule has 0 aliphatic heterocycles. The smallest absolute Gasteiger partial charge is 0.387 e. The van der Waals surface area contributed by atoms with E-state index in [0.29, 0.717) is 17.4 Å². The van der Waals surface area contributed by atoms with E-state index in [1.807, 2.05) is 27.2 Å². The maximum Gasteiger partial charge on any atom is 0.472 e. The van der Waals surface area contributed by atoms with Gasteiger partial charge in [-0.05, 0) is 57.8 Å². The predicted molar refractivity (Wildman–Crippen MR) is 304 cm³/mol. The van der Waals surface area contributed by atoms with E-state index < -0.39 is 20.0 Å². The Labute approximate surface area is 436 Å². The Balaban J connectivity index is 4.21. The van der Waals surface area contributed by atoms with Gasteiger partial charge in [-0.3, -0.25) is 13.8 Å². The molecule has 0 rings (SSSR count). The number of aliphatic hydroxyl groups excluding tert-OH is 1. The van der Waals surface area contributed by atoms with Crippen molar-refractivity contribution in [3.63, 3.8) is 0 Å². The highest BCUT2D eigenvalue weighted by Crippen LogP contribution is 2.43. The highest BCUT2D eigenvalue weighted by Gasteiger charge is 2.27. The summed E-state index contributed by atoms with van der Waals surface area (Å²) in [4.78, 5) is 23.3. The molecule has 0 saturated carbocycles. The molecule has 0 aromatic carbocycles. The Morgan fingerprint density at radius 3 is 1.14 bits per heavy atom. The molecule has 0 fully saturated rings. The first-order chi connectivity index (χ1) is 34.0. The second-order valence-corrected chi connectivity index (χ2v) is 23.5. The number of phosphoric acid groups is 1. The van der Waals surface area contributed by atoms with E-state index >= 15 is 0 Å². The number of carbonyl (C=O) groups excluding carboxylic acids is 1. The van der Waals surface area contributed by atoms with Crippen LogP contribution in [-0.2, 0) is 18.4 Å². The molecule has 3 N–H and O–H groups in total. The zero-order chi connectivity index (χ0) is 51.3. The molecule has 0 bridgehead atoms. The SMILES string of the molecule is CCCCCCCCCC/C=C\CCCCCCCCCCCC(=O)NC(COP(=O)(O)OCC[N+](C)(C)C)C(O)/C=C/CC/C=C/CCCCCCCCCCCCCCCCCCCCCCC. The monoisotopic (exact) mass is 1010 g/mol. The number of allylic oxidation sites excluding steroid dienone is 5. The van der Waals surface area contributed by atoms with Crippen LogP contribution in [0.25, 0.3) is 0 Å². The van der Waals surface area contributed by atoms with Gasteiger partial charge >= 0.3 is 7.82 Å². The average Bonchev–Trinajstić information content (AvgIpc) is 3.32. The van der Waals surface area contributed by atoms with Crippen molar-refractivity contribution in [1.29, 1.82) is 0 Å². The highest BCUT2D eigenvalue weighted by molar-refractivity contribution is 7.47. The van der Waals surface area contributed by atoms with Crippen LogP contribution in [-0.4, -0.2) is 73.4 Å². The fourth-order valence-corrected chi connectivity index (χ4v) is 9.79. The number of hydrogen-bond donors (Lipinski definition) is 3. The Bertz CT molecular complexity index is 1230. The van der Waals surface area contributed by atoms with Crippen LogP contribution < -0.4 is 5.32 Å². The molecule has 0 heterocycles. The summed E-state index contributed by atoms with van der Waals surface area (Å²) in [7, 11) is 1.56. The van der Waals surface area contributed by atoms with Gasteiger partial charge in [-0.1, -0.05) is 269 Å². The quantitative estimate of drug-likeness (QED) is 0.0243. The molecular weight excluding hydrogens is 888 g/mol. The maximum absolute atomic E-state index is 13.0. The van der Waals surface area contributed by atoms with Gasteiger partial charge < -0.3 is 19.8 Å². The molecule has 0 spiro atoms. The lowest BCUT2D eigenvalue weighted by Crippen LogP contribution is -2.45. The second-order valence-electron chi connectivity index (χ2n) is 22.1. The molecule has 0 aliphatic rings. The van der Waals surface area contributed by atoms with Gasteiger partial charge in [0, 0.05) is 6.42 Å². The average molecular weight is 1010 g/mol. The first kappa shape index (κ1) is 68.7. The molecule has 414 valence electrons. The normalized spacial score (nSPS) is 14.1. The van der Waals surface area contributed by atoms with Gasteiger partial charge in [0.05, 0.1) is 39.9 Å². The van der Waals surface area contributed by atoms with Gasteiger partial charge in [0.25, 0.3) is 0 Å². The first-order valence-electron chi connectivity index (χ1n) is 30.4. The minimum atomic E-state index is -4.36. The number of rotatable bonds is 56. The van der Waals surface area contributed by atoms with Crippen molar-refractivity contribution in [2.24, 2.45) is 0 Å². The summed E-state index contributed by atoms with van der Waals surface area (Å²) in [6.07, 6.45) is 68.3. The number of unbranched alkanes of at least 4 members (excludes halogenated alkanes) is 39. The van der Waals surface area contributed by atoms with Gasteiger partial charge in [0.15, 0.2) is 0 Å². The van der Waals surface area contributed by atoms with Gasteiger partial charge in [0.1, 0.15) is 13.2 Å². The fourth-order valence-electron chi connectivity index (χ4n) is 9.06. The lowest BCUT2D eigenvalue weighted by atomic mass is 10.0. The Kier molecular flexibility index (Phi) is 51.6. The molecule has 0 aromatic heterocycles. The molecule has 8 nitrogen and oxygen atoms in total. The van der Waals surface area contributed by atoms with Gasteiger partial charge in [-0.25, -0.2) is 4.57 Å². The number of quaternary nitrogens is 1. The predicted octanol–water partition coefficient (Wildman–Crippen LogP) is 18.5. The third-order valence-corrected chi connectivity index (χ3v) is 14.8. The van der Waals surface area contributed by atoms with Crippen LogP contribution in [0.2, 0.25) is 0 Å².